The van der Waals surface area contributed by atoms with Gasteiger partial charge in [0.25, 0.3) is 0 Å². The second kappa shape index (κ2) is 6.43. The minimum atomic E-state index is -0.872. The molecule has 2 heterocycles. The minimum absolute atomic E-state index is 0.0938. The number of likely N-dealkylation sites (tertiary alicyclic amines) is 2. The molecule has 0 spiro atoms. The number of hydrogen-bond acceptors (Lipinski definition) is 3. The van der Waals surface area contributed by atoms with Crippen molar-refractivity contribution in [1.29, 1.82) is 0 Å². The summed E-state index contributed by atoms with van der Waals surface area (Å²) in [6.07, 6.45) is 4.34. The summed E-state index contributed by atoms with van der Waals surface area (Å²) < 4.78 is 0. The number of carboxylic acids is 1. The summed E-state index contributed by atoms with van der Waals surface area (Å²) in [5.41, 5.74) is 0. The Balaban J connectivity index is 2.04. The van der Waals surface area contributed by atoms with Crippen LogP contribution in [0.5, 0.6) is 0 Å². The van der Waals surface area contributed by atoms with E-state index in [0.29, 0.717) is 25.6 Å². The van der Waals surface area contributed by atoms with Gasteiger partial charge in [-0.15, -0.1) is 0 Å². The number of urea groups is 1. The van der Waals surface area contributed by atoms with Crippen LogP contribution in [-0.4, -0.2) is 77.6 Å². The van der Waals surface area contributed by atoms with Crippen molar-refractivity contribution in [2.45, 2.75) is 44.2 Å². The lowest BCUT2D eigenvalue weighted by Gasteiger charge is -2.31. The smallest absolute Gasteiger partial charge is 0.326 e. The molecule has 2 atom stereocenters. The molecule has 2 aliphatic rings. The van der Waals surface area contributed by atoms with E-state index in [4.69, 9.17) is 0 Å². The van der Waals surface area contributed by atoms with E-state index in [1.165, 1.54) is 0 Å². The number of rotatable bonds is 2. The first-order valence-corrected chi connectivity index (χ1v) is 7.45. The fraction of sp³-hybridized carbons (Fsp3) is 0.857. The lowest BCUT2D eigenvalue weighted by molar-refractivity contribution is -0.142. The number of hydrogen-bond donors (Lipinski definition) is 1. The molecule has 0 radical (unpaired) electrons. The van der Waals surface area contributed by atoms with Gasteiger partial charge in [-0.2, -0.15) is 0 Å². The maximum Gasteiger partial charge on any atom is 0.326 e. The van der Waals surface area contributed by atoms with E-state index in [1.54, 1.807) is 4.90 Å². The maximum absolute atomic E-state index is 12.6. The highest BCUT2D eigenvalue weighted by Gasteiger charge is 2.36. The zero-order valence-electron chi connectivity index (χ0n) is 12.4. The van der Waals surface area contributed by atoms with Gasteiger partial charge in [0.15, 0.2) is 0 Å². The minimum Gasteiger partial charge on any atom is -0.480 e. The second-order valence-electron chi connectivity index (χ2n) is 6.03. The van der Waals surface area contributed by atoms with Crippen LogP contribution in [0, 0.1) is 0 Å². The summed E-state index contributed by atoms with van der Waals surface area (Å²) in [6, 6.07) is -0.360. The van der Waals surface area contributed by atoms with Crippen LogP contribution in [0.2, 0.25) is 0 Å². The predicted octanol–water partition coefficient (Wildman–Crippen LogP) is 1.07. The fourth-order valence-corrected chi connectivity index (χ4v) is 3.11. The topological polar surface area (TPSA) is 64.1 Å². The third-order valence-electron chi connectivity index (χ3n) is 4.45. The Labute approximate surface area is 120 Å². The third-order valence-corrected chi connectivity index (χ3v) is 4.45. The molecule has 6 nitrogen and oxygen atoms in total. The number of carbonyl (C=O) groups is 2. The van der Waals surface area contributed by atoms with Gasteiger partial charge >= 0.3 is 12.0 Å². The number of nitrogens with zero attached hydrogens (tertiary/aromatic N) is 3. The lowest BCUT2D eigenvalue weighted by atomic mass is 10.1. The number of carboxylic acid groups (broad SMARTS) is 1. The Morgan fingerprint density at radius 2 is 1.85 bits per heavy atom. The Hall–Kier alpha value is -1.30. The molecule has 20 heavy (non-hydrogen) atoms. The van der Waals surface area contributed by atoms with Gasteiger partial charge in [0.2, 0.25) is 0 Å². The van der Waals surface area contributed by atoms with Crippen LogP contribution >= 0.6 is 0 Å². The molecule has 0 aromatic heterocycles. The lowest BCUT2D eigenvalue weighted by Crippen LogP contribution is -2.50. The van der Waals surface area contributed by atoms with Gasteiger partial charge in [-0.25, -0.2) is 9.59 Å². The summed E-state index contributed by atoms with van der Waals surface area (Å²) in [6.45, 7) is 2.00. The number of amides is 2. The number of carbonyl (C=O) groups excluding carboxylic acids is 1. The van der Waals surface area contributed by atoms with Crippen LogP contribution in [0.15, 0.2) is 0 Å². The molecule has 0 aromatic carbocycles. The van der Waals surface area contributed by atoms with Crippen LogP contribution in [0.1, 0.15) is 32.1 Å². The molecule has 2 aliphatic heterocycles. The molecule has 2 rings (SSSR count). The fourth-order valence-electron chi connectivity index (χ4n) is 3.11. The van der Waals surface area contributed by atoms with Gasteiger partial charge in [0.05, 0.1) is 0 Å². The van der Waals surface area contributed by atoms with Gasteiger partial charge < -0.3 is 19.8 Å². The quantitative estimate of drug-likeness (QED) is 0.823. The van der Waals surface area contributed by atoms with E-state index in [9.17, 15) is 14.7 Å². The van der Waals surface area contributed by atoms with Crippen LogP contribution in [0.4, 0.5) is 4.79 Å². The van der Waals surface area contributed by atoms with Gasteiger partial charge in [-0.3, -0.25) is 0 Å². The van der Waals surface area contributed by atoms with E-state index in [1.807, 2.05) is 19.0 Å². The predicted molar refractivity (Wildman–Crippen MR) is 75.7 cm³/mol. The SMILES string of the molecule is CN(C)C1CCN(C(=O)N2CCCCCC2C(=O)O)C1. The van der Waals surface area contributed by atoms with Gasteiger partial charge in [0, 0.05) is 25.7 Å². The van der Waals surface area contributed by atoms with Crippen LogP contribution in [0.25, 0.3) is 0 Å². The Bertz CT molecular complexity index is 373. The molecule has 0 aromatic rings. The van der Waals surface area contributed by atoms with E-state index in [2.05, 4.69) is 4.90 Å². The van der Waals surface area contributed by atoms with Crippen molar-refractivity contribution in [2.24, 2.45) is 0 Å². The molecule has 2 fully saturated rings. The van der Waals surface area contributed by atoms with Crippen LogP contribution < -0.4 is 0 Å². The largest absolute Gasteiger partial charge is 0.480 e. The van der Waals surface area contributed by atoms with E-state index >= 15 is 0 Å². The summed E-state index contributed by atoms with van der Waals surface area (Å²) in [4.78, 5) is 29.5. The zero-order chi connectivity index (χ0) is 14.7. The van der Waals surface area contributed by atoms with Crippen LogP contribution in [-0.2, 0) is 4.79 Å². The Morgan fingerprint density at radius 1 is 1.10 bits per heavy atom. The molecule has 6 heteroatoms. The highest BCUT2D eigenvalue weighted by atomic mass is 16.4. The van der Waals surface area contributed by atoms with Gasteiger partial charge in [-0.05, 0) is 33.4 Å². The van der Waals surface area contributed by atoms with Crippen molar-refractivity contribution in [3.63, 3.8) is 0 Å². The highest BCUT2D eigenvalue weighted by molar-refractivity contribution is 5.83. The van der Waals surface area contributed by atoms with Crippen molar-refractivity contribution in [3.8, 4) is 0 Å². The first-order chi connectivity index (χ1) is 9.50. The van der Waals surface area contributed by atoms with Crippen molar-refractivity contribution < 1.29 is 14.7 Å². The summed E-state index contributed by atoms with van der Waals surface area (Å²) in [5, 5.41) is 9.34. The van der Waals surface area contributed by atoms with Crippen molar-refractivity contribution in [3.05, 3.63) is 0 Å². The molecule has 2 amide bonds. The highest BCUT2D eigenvalue weighted by Crippen LogP contribution is 2.21. The normalized spacial score (nSPS) is 27.8. The van der Waals surface area contributed by atoms with E-state index in [0.717, 1.165) is 32.2 Å². The summed E-state index contributed by atoms with van der Waals surface area (Å²) in [7, 11) is 4.04. The summed E-state index contributed by atoms with van der Waals surface area (Å²) >= 11 is 0. The molecule has 0 bridgehead atoms. The Morgan fingerprint density at radius 3 is 2.45 bits per heavy atom. The first kappa shape index (κ1) is 15.1. The molecule has 114 valence electrons. The van der Waals surface area contributed by atoms with Gasteiger partial charge in [0.1, 0.15) is 6.04 Å². The average Bonchev–Trinajstić information content (AvgIpc) is 2.76. The van der Waals surface area contributed by atoms with E-state index in [-0.39, 0.29) is 6.03 Å². The second-order valence-corrected chi connectivity index (χ2v) is 6.03. The summed E-state index contributed by atoms with van der Waals surface area (Å²) in [5.74, 6) is -0.872. The van der Waals surface area contributed by atoms with Crippen molar-refractivity contribution >= 4 is 12.0 Å². The third kappa shape index (κ3) is 3.23. The molecule has 1 N–H and O–H groups in total. The van der Waals surface area contributed by atoms with Gasteiger partial charge in [-0.1, -0.05) is 12.8 Å². The maximum atomic E-state index is 12.6. The molecule has 0 saturated carbocycles. The molecular formula is C14H25N3O3. The molecule has 0 aliphatic carbocycles. The standard InChI is InChI=1S/C14H25N3O3/c1-15(2)11-7-9-16(10-11)14(20)17-8-5-3-4-6-12(17)13(18)19/h11-12H,3-10H2,1-2H3,(H,18,19). The van der Waals surface area contributed by atoms with Crippen molar-refractivity contribution in [2.75, 3.05) is 33.7 Å². The Kier molecular flexibility index (Phi) is 4.86. The number of aliphatic carboxylic acids is 1. The monoisotopic (exact) mass is 283 g/mol. The average molecular weight is 283 g/mol. The zero-order valence-corrected chi connectivity index (χ0v) is 12.4. The van der Waals surface area contributed by atoms with Crippen molar-refractivity contribution in [1.82, 2.24) is 14.7 Å². The molecule has 2 saturated heterocycles. The molecule has 2 unspecified atom stereocenters. The van der Waals surface area contributed by atoms with Crippen LogP contribution in [0.3, 0.4) is 0 Å². The molecular weight excluding hydrogens is 258 g/mol. The number of likely N-dealkylation sites (N-methyl/N-ethyl adjacent to an activating group) is 1. The first-order valence-electron chi connectivity index (χ1n) is 7.45. The van der Waals surface area contributed by atoms with E-state index < -0.39 is 12.0 Å².